The predicted octanol–water partition coefficient (Wildman–Crippen LogP) is 4.23. The molecule has 100 valence electrons. The van der Waals surface area contributed by atoms with Gasteiger partial charge in [0.05, 0.1) is 0 Å². The van der Waals surface area contributed by atoms with Crippen molar-refractivity contribution in [3.63, 3.8) is 0 Å². The van der Waals surface area contributed by atoms with Crippen LogP contribution in [-0.2, 0) is 6.42 Å². The Balaban J connectivity index is 2.37. The molecule has 0 aromatic heterocycles. The molecule has 1 aromatic rings. The summed E-state index contributed by atoms with van der Waals surface area (Å²) in [6.45, 7) is 6.67. The van der Waals surface area contributed by atoms with Crippen molar-refractivity contribution in [2.75, 3.05) is 0 Å². The van der Waals surface area contributed by atoms with Gasteiger partial charge in [-0.3, -0.25) is 0 Å². The summed E-state index contributed by atoms with van der Waals surface area (Å²) in [5, 5.41) is 3.72. The van der Waals surface area contributed by atoms with Gasteiger partial charge in [-0.25, -0.2) is 4.39 Å². The number of hydrogen-bond acceptors (Lipinski definition) is 1. The summed E-state index contributed by atoms with van der Waals surface area (Å²) >= 11 is 0. The minimum absolute atomic E-state index is 0.110. The maximum Gasteiger partial charge on any atom is 0.123 e. The molecule has 0 fully saturated rings. The van der Waals surface area contributed by atoms with E-state index in [0.29, 0.717) is 18.0 Å². The van der Waals surface area contributed by atoms with Gasteiger partial charge in [0.2, 0.25) is 0 Å². The van der Waals surface area contributed by atoms with Gasteiger partial charge in [0, 0.05) is 12.1 Å². The first-order chi connectivity index (χ1) is 8.69. The van der Waals surface area contributed by atoms with E-state index in [1.54, 1.807) is 12.1 Å². The Hall–Kier alpha value is -0.890. The van der Waals surface area contributed by atoms with Crippen LogP contribution in [0.25, 0.3) is 0 Å². The van der Waals surface area contributed by atoms with Gasteiger partial charge in [-0.2, -0.15) is 0 Å². The Labute approximate surface area is 110 Å². The van der Waals surface area contributed by atoms with E-state index in [4.69, 9.17) is 0 Å². The van der Waals surface area contributed by atoms with E-state index in [1.165, 1.54) is 11.1 Å². The molecule has 0 bridgehead atoms. The van der Waals surface area contributed by atoms with Crippen LogP contribution in [0.2, 0.25) is 0 Å². The van der Waals surface area contributed by atoms with Gasteiger partial charge in [-0.1, -0.05) is 39.7 Å². The molecule has 2 heteroatoms. The van der Waals surface area contributed by atoms with Crippen LogP contribution in [0.5, 0.6) is 0 Å². The van der Waals surface area contributed by atoms with Crippen molar-refractivity contribution in [3.8, 4) is 0 Å². The summed E-state index contributed by atoms with van der Waals surface area (Å²) in [6, 6.07) is 6.17. The highest BCUT2D eigenvalue weighted by atomic mass is 19.1. The maximum absolute atomic E-state index is 13.5. The van der Waals surface area contributed by atoms with Crippen molar-refractivity contribution in [1.29, 1.82) is 0 Å². The molecule has 2 rings (SSSR count). The zero-order valence-electron chi connectivity index (χ0n) is 11.7. The average Bonchev–Trinajstić information content (AvgIpc) is 2.40. The van der Waals surface area contributed by atoms with E-state index in [0.717, 1.165) is 25.7 Å². The lowest BCUT2D eigenvalue weighted by Gasteiger charge is -2.37. The lowest BCUT2D eigenvalue weighted by Crippen LogP contribution is -2.42. The summed E-state index contributed by atoms with van der Waals surface area (Å²) in [6.07, 6.45) is 4.44. The Morgan fingerprint density at radius 3 is 2.61 bits per heavy atom. The molecular weight excluding hydrogens is 225 g/mol. The third-order valence-electron chi connectivity index (χ3n) is 4.34. The lowest BCUT2D eigenvalue weighted by atomic mass is 9.81. The molecule has 2 unspecified atom stereocenters. The van der Waals surface area contributed by atoms with Gasteiger partial charge >= 0.3 is 0 Å². The first kappa shape index (κ1) is 13.5. The Kier molecular flexibility index (Phi) is 4.39. The molecule has 0 saturated heterocycles. The van der Waals surface area contributed by atoms with Crippen LogP contribution in [0.4, 0.5) is 4.39 Å². The van der Waals surface area contributed by atoms with E-state index in [-0.39, 0.29) is 5.82 Å². The maximum atomic E-state index is 13.5. The third kappa shape index (κ3) is 2.59. The van der Waals surface area contributed by atoms with Crippen LogP contribution < -0.4 is 5.32 Å². The molecule has 18 heavy (non-hydrogen) atoms. The van der Waals surface area contributed by atoms with E-state index < -0.39 is 0 Å². The van der Waals surface area contributed by atoms with Crippen LogP contribution in [0, 0.1) is 11.7 Å². The quantitative estimate of drug-likeness (QED) is 0.842. The molecule has 1 aliphatic heterocycles. The van der Waals surface area contributed by atoms with Gasteiger partial charge in [-0.05, 0) is 42.0 Å². The summed E-state index contributed by atoms with van der Waals surface area (Å²) in [7, 11) is 0. The van der Waals surface area contributed by atoms with E-state index in [1.807, 2.05) is 6.07 Å². The fraction of sp³-hybridized carbons (Fsp3) is 0.625. The monoisotopic (exact) mass is 249 g/mol. The first-order valence-corrected chi connectivity index (χ1v) is 7.23. The molecule has 2 atom stereocenters. The number of benzene rings is 1. The molecular formula is C16H24FN. The summed E-state index contributed by atoms with van der Waals surface area (Å²) in [5.74, 6) is 0.487. The molecule has 1 nitrogen and oxygen atoms in total. The fourth-order valence-corrected chi connectivity index (χ4v) is 3.12. The van der Waals surface area contributed by atoms with Gasteiger partial charge in [-0.15, -0.1) is 0 Å². The normalized spacial score (nSPS) is 23.2. The largest absolute Gasteiger partial charge is 0.307 e. The van der Waals surface area contributed by atoms with E-state index >= 15 is 0 Å². The van der Waals surface area contributed by atoms with E-state index in [2.05, 4.69) is 26.1 Å². The minimum Gasteiger partial charge on any atom is -0.307 e. The SMILES string of the molecule is CCC1Cc2ccc(F)cc2C(C(CC)CC)N1. The van der Waals surface area contributed by atoms with Gasteiger partial charge in [0.25, 0.3) is 0 Å². The van der Waals surface area contributed by atoms with Crippen LogP contribution >= 0.6 is 0 Å². The van der Waals surface area contributed by atoms with Crippen molar-refractivity contribution in [3.05, 3.63) is 35.1 Å². The van der Waals surface area contributed by atoms with Crippen molar-refractivity contribution in [2.24, 2.45) is 5.92 Å². The highest BCUT2D eigenvalue weighted by Crippen LogP contribution is 2.34. The number of rotatable bonds is 4. The van der Waals surface area contributed by atoms with Gasteiger partial charge in [0.15, 0.2) is 0 Å². The second-order valence-corrected chi connectivity index (χ2v) is 5.37. The first-order valence-electron chi connectivity index (χ1n) is 7.23. The summed E-state index contributed by atoms with van der Waals surface area (Å²) < 4.78 is 13.5. The van der Waals surface area contributed by atoms with Gasteiger partial charge < -0.3 is 5.32 Å². The molecule has 1 aromatic carbocycles. The highest BCUT2D eigenvalue weighted by Gasteiger charge is 2.29. The van der Waals surface area contributed by atoms with Crippen molar-refractivity contribution >= 4 is 0 Å². The number of nitrogens with one attached hydrogen (secondary N) is 1. The zero-order chi connectivity index (χ0) is 13.1. The average molecular weight is 249 g/mol. The fourth-order valence-electron chi connectivity index (χ4n) is 3.12. The standard InChI is InChI=1S/C16H24FN/c1-4-11(5-2)16-15-10-13(17)8-7-12(15)9-14(6-3)18-16/h7-8,10-11,14,16,18H,4-6,9H2,1-3H3. The smallest absolute Gasteiger partial charge is 0.123 e. The molecule has 1 N–H and O–H groups in total. The minimum atomic E-state index is -0.110. The Morgan fingerprint density at radius 2 is 2.00 bits per heavy atom. The second-order valence-electron chi connectivity index (χ2n) is 5.37. The van der Waals surface area contributed by atoms with Crippen molar-refractivity contribution < 1.29 is 4.39 Å². The third-order valence-corrected chi connectivity index (χ3v) is 4.34. The molecule has 1 heterocycles. The summed E-state index contributed by atoms with van der Waals surface area (Å²) in [4.78, 5) is 0. The highest BCUT2D eigenvalue weighted by molar-refractivity contribution is 5.34. The number of hydrogen-bond donors (Lipinski definition) is 1. The topological polar surface area (TPSA) is 12.0 Å². The number of fused-ring (bicyclic) bond motifs is 1. The van der Waals surface area contributed by atoms with Crippen LogP contribution in [0.3, 0.4) is 0 Å². The molecule has 0 saturated carbocycles. The van der Waals surface area contributed by atoms with Crippen LogP contribution in [-0.4, -0.2) is 6.04 Å². The predicted molar refractivity (Wildman–Crippen MR) is 74.1 cm³/mol. The molecule has 0 spiro atoms. The van der Waals surface area contributed by atoms with Crippen molar-refractivity contribution in [1.82, 2.24) is 5.32 Å². The molecule has 0 amide bonds. The molecule has 0 radical (unpaired) electrons. The zero-order valence-corrected chi connectivity index (χ0v) is 11.7. The Bertz CT molecular complexity index is 398. The molecule has 1 aliphatic rings. The Morgan fingerprint density at radius 1 is 1.28 bits per heavy atom. The van der Waals surface area contributed by atoms with Crippen molar-refractivity contribution in [2.45, 2.75) is 58.5 Å². The van der Waals surface area contributed by atoms with E-state index in [9.17, 15) is 4.39 Å². The molecule has 0 aliphatic carbocycles. The van der Waals surface area contributed by atoms with Gasteiger partial charge in [0.1, 0.15) is 5.82 Å². The number of halogens is 1. The lowest BCUT2D eigenvalue weighted by molar-refractivity contribution is 0.284. The van der Waals surface area contributed by atoms with Crippen LogP contribution in [0.1, 0.15) is 57.2 Å². The second kappa shape index (κ2) is 5.83. The van der Waals surface area contributed by atoms with Crippen LogP contribution in [0.15, 0.2) is 18.2 Å². The summed E-state index contributed by atoms with van der Waals surface area (Å²) in [5.41, 5.74) is 2.52.